The van der Waals surface area contributed by atoms with Crippen LogP contribution in [0.5, 0.6) is 0 Å². The Kier molecular flexibility index (Phi) is 4.73. The fourth-order valence-corrected chi connectivity index (χ4v) is 3.01. The van der Waals surface area contributed by atoms with E-state index in [2.05, 4.69) is 15.9 Å². The van der Waals surface area contributed by atoms with E-state index >= 15 is 0 Å². The quantitative estimate of drug-likeness (QED) is 0.800. The minimum absolute atomic E-state index is 0.145. The van der Waals surface area contributed by atoms with Crippen LogP contribution in [0.15, 0.2) is 16.6 Å². The van der Waals surface area contributed by atoms with E-state index in [0.717, 1.165) is 24.8 Å². The second kappa shape index (κ2) is 6.11. The highest BCUT2D eigenvalue weighted by molar-refractivity contribution is 9.10. The second-order valence-corrected chi connectivity index (χ2v) is 5.98. The highest BCUT2D eigenvalue weighted by atomic mass is 79.9. The summed E-state index contributed by atoms with van der Waals surface area (Å²) in [6.07, 6.45) is 6.83. The third kappa shape index (κ3) is 3.29. The summed E-state index contributed by atoms with van der Waals surface area (Å²) in [6, 6.07) is 1.95. The maximum Gasteiger partial charge on any atom is 0.137 e. The normalized spacial score (nSPS) is 18.2. The number of nitrogens with two attached hydrogens (primary N) is 1. The summed E-state index contributed by atoms with van der Waals surface area (Å²) >= 11 is 2.97. The van der Waals surface area contributed by atoms with E-state index in [-0.39, 0.29) is 10.0 Å². The van der Waals surface area contributed by atoms with E-state index in [0.29, 0.717) is 0 Å². The van der Waals surface area contributed by atoms with Crippen LogP contribution < -0.4 is 5.73 Å². The van der Waals surface area contributed by atoms with Gasteiger partial charge >= 0.3 is 0 Å². The summed E-state index contributed by atoms with van der Waals surface area (Å²) < 4.78 is 27.2. The lowest BCUT2D eigenvalue weighted by Gasteiger charge is -2.16. The Balaban J connectivity index is 1.99. The molecular weight excluding hydrogens is 300 g/mol. The minimum atomic E-state index is -0.456. The topological polar surface area (TPSA) is 26.0 Å². The Morgan fingerprint density at radius 1 is 1.22 bits per heavy atom. The fourth-order valence-electron chi connectivity index (χ4n) is 2.69. The molecule has 100 valence electrons. The molecule has 1 atom stereocenters. The van der Waals surface area contributed by atoms with E-state index in [1.54, 1.807) is 0 Å². The smallest absolute Gasteiger partial charge is 0.137 e. The number of rotatable bonds is 4. The van der Waals surface area contributed by atoms with Crippen molar-refractivity contribution in [1.82, 2.24) is 0 Å². The Hall–Kier alpha value is -0.480. The molecule has 1 aliphatic carbocycles. The Bertz CT molecular complexity index is 417. The number of hydrogen-bond donors (Lipinski definition) is 1. The summed E-state index contributed by atoms with van der Waals surface area (Å²) in [5.74, 6) is -0.163. The first-order valence-electron chi connectivity index (χ1n) is 6.48. The van der Waals surface area contributed by atoms with Gasteiger partial charge in [-0.3, -0.25) is 0 Å². The van der Waals surface area contributed by atoms with Crippen molar-refractivity contribution in [3.05, 3.63) is 33.8 Å². The lowest BCUT2D eigenvalue weighted by molar-refractivity contribution is 0.445. The molecule has 0 aromatic heterocycles. The van der Waals surface area contributed by atoms with Crippen molar-refractivity contribution >= 4 is 15.9 Å². The van der Waals surface area contributed by atoms with Gasteiger partial charge in [-0.15, -0.1) is 0 Å². The predicted octanol–water partition coefficient (Wildman–Crippen LogP) is 4.70. The molecule has 18 heavy (non-hydrogen) atoms. The molecule has 1 aliphatic rings. The van der Waals surface area contributed by atoms with Crippen molar-refractivity contribution < 1.29 is 8.78 Å². The van der Waals surface area contributed by atoms with Gasteiger partial charge in [-0.25, -0.2) is 8.78 Å². The van der Waals surface area contributed by atoms with Gasteiger partial charge in [0.15, 0.2) is 0 Å². The highest BCUT2D eigenvalue weighted by Gasteiger charge is 2.19. The molecule has 1 aromatic carbocycles. The van der Waals surface area contributed by atoms with Gasteiger partial charge in [0.05, 0.1) is 4.47 Å². The van der Waals surface area contributed by atoms with Crippen LogP contribution in [0.4, 0.5) is 8.78 Å². The summed E-state index contributed by atoms with van der Waals surface area (Å²) in [5.41, 5.74) is 6.26. The van der Waals surface area contributed by atoms with Gasteiger partial charge < -0.3 is 5.73 Å². The Morgan fingerprint density at radius 2 is 1.89 bits per heavy atom. The van der Waals surface area contributed by atoms with Crippen LogP contribution in [0, 0.1) is 17.6 Å². The first-order valence-corrected chi connectivity index (χ1v) is 7.27. The van der Waals surface area contributed by atoms with Crippen molar-refractivity contribution in [3.8, 4) is 0 Å². The molecule has 4 heteroatoms. The molecule has 1 nitrogen and oxygen atoms in total. The summed E-state index contributed by atoms with van der Waals surface area (Å²) in [5, 5.41) is 0. The standard InChI is InChI=1S/C14H18BrF2N/c15-11-8-12(16)10(7-13(11)17)14(18)6-5-9-3-1-2-4-9/h7-9,14H,1-6,18H2. The van der Waals surface area contributed by atoms with Crippen molar-refractivity contribution in [1.29, 1.82) is 0 Å². The summed E-state index contributed by atoms with van der Waals surface area (Å²) in [7, 11) is 0. The van der Waals surface area contributed by atoms with Gasteiger partial charge in [0.1, 0.15) is 11.6 Å². The highest BCUT2D eigenvalue weighted by Crippen LogP contribution is 2.32. The molecule has 1 fully saturated rings. The monoisotopic (exact) mass is 317 g/mol. The van der Waals surface area contributed by atoms with Gasteiger partial charge in [-0.05, 0) is 46.8 Å². The third-order valence-corrected chi connectivity index (χ3v) is 4.41. The number of benzene rings is 1. The molecule has 0 aliphatic heterocycles. The molecule has 0 radical (unpaired) electrons. The molecule has 0 amide bonds. The van der Waals surface area contributed by atoms with Gasteiger partial charge in [0.2, 0.25) is 0 Å². The van der Waals surface area contributed by atoms with Crippen LogP contribution in [-0.4, -0.2) is 0 Å². The zero-order valence-corrected chi connectivity index (χ0v) is 11.8. The van der Waals surface area contributed by atoms with Crippen LogP contribution in [0.25, 0.3) is 0 Å². The predicted molar refractivity (Wildman–Crippen MR) is 72.2 cm³/mol. The molecule has 0 bridgehead atoms. The summed E-state index contributed by atoms with van der Waals surface area (Å²) in [6.45, 7) is 0. The average Bonchev–Trinajstić information content (AvgIpc) is 2.84. The van der Waals surface area contributed by atoms with Gasteiger partial charge in [0, 0.05) is 11.6 Å². The maximum atomic E-state index is 13.7. The largest absolute Gasteiger partial charge is 0.324 e. The third-order valence-electron chi connectivity index (χ3n) is 3.80. The van der Waals surface area contributed by atoms with E-state index in [4.69, 9.17) is 5.73 Å². The van der Waals surface area contributed by atoms with Crippen LogP contribution in [0.3, 0.4) is 0 Å². The van der Waals surface area contributed by atoms with Gasteiger partial charge in [-0.1, -0.05) is 25.7 Å². The summed E-state index contributed by atoms with van der Waals surface area (Å²) in [4.78, 5) is 0. The Morgan fingerprint density at radius 3 is 2.56 bits per heavy atom. The molecule has 2 N–H and O–H groups in total. The molecule has 1 unspecified atom stereocenters. The fraction of sp³-hybridized carbons (Fsp3) is 0.571. The minimum Gasteiger partial charge on any atom is -0.324 e. The SMILES string of the molecule is NC(CCC1CCCC1)c1cc(F)c(Br)cc1F. The molecule has 0 spiro atoms. The maximum absolute atomic E-state index is 13.7. The average molecular weight is 318 g/mol. The zero-order valence-electron chi connectivity index (χ0n) is 10.3. The molecule has 0 heterocycles. The van der Waals surface area contributed by atoms with Crippen molar-refractivity contribution in [2.75, 3.05) is 0 Å². The Labute approximate surface area is 115 Å². The van der Waals surface area contributed by atoms with Crippen LogP contribution in [0.2, 0.25) is 0 Å². The molecular formula is C14H18BrF2N. The van der Waals surface area contributed by atoms with Gasteiger partial charge in [0.25, 0.3) is 0 Å². The van der Waals surface area contributed by atoms with Crippen molar-refractivity contribution in [2.45, 2.75) is 44.6 Å². The second-order valence-electron chi connectivity index (χ2n) is 5.12. The van der Waals surface area contributed by atoms with E-state index in [1.165, 1.54) is 31.7 Å². The van der Waals surface area contributed by atoms with Crippen molar-refractivity contribution in [3.63, 3.8) is 0 Å². The molecule has 0 saturated heterocycles. The van der Waals surface area contributed by atoms with Crippen LogP contribution >= 0.6 is 15.9 Å². The van der Waals surface area contributed by atoms with Crippen LogP contribution in [0.1, 0.15) is 50.1 Å². The van der Waals surface area contributed by atoms with Crippen molar-refractivity contribution in [2.24, 2.45) is 11.7 Å². The van der Waals surface area contributed by atoms with Crippen LogP contribution in [-0.2, 0) is 0 Å². The molecule has 2 rings (SSSR count). The molecule has 1 saturated carbocycles. The lowest BCUT2D eigenvalue weighted by Crippen LogP contribution is -2.14. The first-order chi connectivity index (χ1) is 8.58. The zero-order chi connectivity index (χ0) is 13.1. The number of halogens is 3. The van der Waals surface area contributed by atoms with E-state index < -0.39 is 17.7 Å². The lowest BCUT2D eigenvalue weighted by atomic mass is 9.95. The number of hydrogen-bond acceptors (Lipinski definition) is 1. The van der Waals surface area contributed by atoms with Gasteiger partial charge in [-0.2, -0.15) is 0 Å². The van der Waals surface area contributed by atoms with E-state index in [1.807, 2.05) is 0 Å². The first kappa shape index (κ1) is 13.9. The van der Waals surface area contributed by atoms with E-state index in [9.17, 15) is 8.78 Å². The molecule has 1 aromatic rings.